The quantitative estimate of drug-likeness (QED) is 0.562. The maximum absolute atomic E-state index is 6.03. The van der Waals surface area contributed by atoms with Crippen molar-refractivity contribution in [1.82, 2.24) is 40.9 Å². The van der Waals surface area contributed by atoms with Gasteiger partial charge in [-0.05, 0) is 38.7 Å². The molecule has 6 rings (SSSR count). The van der Waals surface area contributed by atoms with E-state index in [1.807, 2.05) is 17.1 Å². The molecule has 0 aromatic carbocycles. The van der Waals surface area contributed by atoms with Gasteiger partial charge in [-0.1, -0.05) is 5.21 Å². The van der Waals surface area contributed by atoms with Gasteiger partial charge in [0.15, 0.2) is 11.5 Å². The van der Waals surface area contributed by atoms with Crippen LogP contribution in [0.15, 0.2) is 18.5 Å². The Balaban J connectivity index is 1.33. The summed E-state index contributed by atoms with van der Waals surface area (Å²) in [6, 6.07) is 0.353. The van der Waals surface area contributed by atoms with E-state index in [-0.39, 0.29) is 11.5 Å². The van der Waals surface area contributed by atoms with Crippen LogP contribution in [0.3, 0.4) is 0 Å². The zero-order valence-electron chi connectivity index (χ0n) is 17.3. The molecule has 11 nitrogen and oxygen atoms in total. The summed E-state index contributed by atoms with van der Waals surface area (Å²) in [6.45, 7) is 4.40. The highest BCUT2D eigenvalue weighted by Crippen LogP contribution is 2.50. The van der Waals surface area contributed by atoms with Gasteiger partial charge in [0.2, 0.25) is 0 Å². The standard InChI is InChI=1S/C20H25N9O2/c1-2-29-19-15(11-22-29)17(23-13-3-5-30-6-4-13)14(10-21-19)16-9-20(31-26-16)7-12(8-20)18-24-27-28-25-18/h9-13,26H,2-8H2,1H3,(H,21,23)(H,24,25,27,28). The molecule has 1 saturated carbocycles. The minimum Gasteiger partial charge on any atom is -0.381 e. The first kappa shape index (κ1) is 18.7. The maximum Gasteiger partial charge on any atom is 0.177 e. The highest BCUT2D eigenvalue weighted by Gasteiger charge is 2.50. The van der Waals surface area contributed by atoms with Crippen LogP contribution >= 0.6 is 0 Å². The summed E-state index contributed by atoms with van der Waals surface area (Å²) in [5.74, 6) is 0.993. The van der Waals surface area contributed by atoms with E-state index in [4.69, 9.17) is 14.6 Å². The van der Waals surface area contributed by atoms with Crippen LogP contribution in [0.4, 0.5) is 5.69 Å². The average Bonchev–Trinajstić information content (AvgIpc) is 3.52. The van der Waals surface area contributed by atoms with Gasteiger partial charge in [0.05, 0.1) is 23.0 Å². The van der Waals surface area contributed by atoms with Crippen molar-refractivity contribution in [2.45, 2.75) is 56.7 Å². The number of hydrogen-bond donors (Lipinski definition) is 3. The van der Waals surface area contributed by atoms with Gasteiger partial charge in [0.1, 0.15) is 5.60 Å². The Labute approximate surface area is 178 Å². The molecule has 0 radical (unpaired) electrons. The molecule has 0 unspecified atom stereocenters. The highest BCUT2D eigenvalue weighted by molar-refractivity contribution is 5.95. The van der Waals surface area contributed by atoms with Crippen molar-refractivity contribution in [3.05, 3.63) is 29.9 Å². The van der Waals surface area contributed by atoms with E-state index in [1.165, 1.54) is 0 Å². The molecule has 2 fully saturated rings. The Morgan fingerprint density at radius 2 is 2.13 bits per heavy atom. The van der Waals surface area contributed by atoms with Crippen molar-refractivity contribution in [2.24, 2.45) is 0 Å². The lowest BCUT2D eigenvalue weighted by atomic mass is 9.70. The fraction of sp³-hybridized carbons (Fsp3) is 0.550. The molecule has 0 amide bonds. The fourth-order valence-corrected chi connectivity index (χ4v) is 4.78. The van der Waals surface area contributed by atoms with Crippen molar-refractivity contribution >= 4 is 22.4 Å². The summed E-state index contributed by atoms with van der Waals surface area (Å²) < 4.78 is 7.46. The number of rotatable bonds is 5. The number of hydroxylamine groups is 1. The molecule has 1 spiro atoms. The molecule has 11 heteroatoms. The fourth-order valence-electron chi connectivity index (χ4n) is 4.78. The van der Waals surface area contributed by atoms with E-state index >= 15 is 0 Å². The number of H-pyrrole nitrogens is 1. The SMILES string of the molecule is CCn1ncc2c(NC3CCOCC3)c(C3=CC4(CC(c5nn[nH]n5)C4)ON3)cnc21. The Morgan fingerprint density at radius 1 is 1.26 bits per heavy atom. The molecule has 5 heterocycles. The van der Waals surface area contributed by atoms with Gasteiger partial charge in [0.25, 0.3) is 0 Å². The predicted molar refractivity (Wildman–Crippen MR) is 112 cm³/mol. The van der Waals surface area contributed by atoms with Crippen LogP contribution in [0, 0.1) is 0 Å². The average molecular weight is 423 g/mol. The maximum atomic E-state index is 6.03. The van der Waals surface area contributed by atoms with Gasteiger partial charge in [-0.15, -0.1) is 10.2 Å². The van der Waals surface area contributed by atoms with Gasteiger partial charge in [-0.3, -0.25) is 10.3 Å². The Bertz CT molecular complexity index is 1110. The number of aryl methyl sites for hydroxylation is 1. The van der Waals surface area contributed by atoms with Crippen LogP contribution in [-0.4, -0.2) is 60.2 Å². The first-order valence-electron chi connectivity index (χ1n) is 10.8. The lowest BCUT2D eigenvalue weighted by Gasteiger charge is -2.40. The molecule has 3 N–H and O–H groups in total. The van der Waals surface area contributed by atoms with Crippen LogP contribution in [0.2, 0.25) is 0 Å². The van der Waals surface area contributed by atoms with Crippen molar-refractivity contribution in [3.63, 3.8) is 0 Å². The largest absolute Gasteiger partial charge is 0.381 e. The van der Waals surface area contributed by atoms with E-state index in [2.05, 4.69) is 49.5 Å². The molecule has 3 aromatic heterocycles. The molecule has 0 atom stereocenters. The lowest BCUT2D eigenvalue weighted by molar-refractivity contribution is -0.0941. The van der Waals surface area contributed by atoms with Gasteiger partial charge in [0, 0.05) is 43.5 Å². The number of pyridine rings is 1. The smallest absolute Gasteiger partial charge is 0.177 e. The molecule has 1 saturated heterocycles. The number of tetrazole rings is 1. The van der Waals surface area contributed by atoms with Gasteiger partial charge in [-0.25, -0.2) is 9.67 Å². The van der Waals surface area contributed by atoms with E-state index in [1.54, 1.807) is 0 Å². The van der Waals surface area contributed by atoms with E-state index in [9.17, 15) is 0 Å². The summed E-state index contributed by atoms with van der Waals surface area (Å²) in [7, 11) is 0. The van der Waals surface area contributed by atoms with Crippen LogP contribution in [-0.2, 0) is 16.1 Å². The van der Waals surface area contributed by atoms with E-state index in [0.717, 1.165) is 79.2 Å². The molecular formula is C20H25N9O2. The number of anilines is 1. The first-order valence-corrected chi connectivity index (χ1v) is 10.8. The van der Waals surface area contributed by atoms with Gasteiger partial charge < -0.3 is 10.1 Å². The zero-order chi connectivity index (χ0) is 20.8. The summed E-state index contributed by atoms with van der Waals surface area (Å²) in [6.07, 6.45) is 9.57. The van der Waals surface area contributed by atoms with Gasteiger partial charge in [-0.2, -0.15) is 10.3 Å². The number of nitrogens with one attached hydrogen (secondary N) is 3. The van der Waals surface area contributed by atoms with Crippen molar-refractivity contribution in [1.29, 1.82) is 0 Å². The minimum absolute atomic E-state index is 0.249. The molecule has 1 aliphatic carbocycles. The second-order valence-corrected chi connectivity index (χ2v) is 8.48. The summed E-state index contributed by atoms with van der Waals surface area (Å²) in [4.78, 5) is 10.8. The van der Waals surface area contributed by atoms with Crippen LogP contribution in [0.1, 0.15) is 49.9 Å². The number of fused-ring (bicyclic) bond motifs is 1. The topological polar surface area (TPSA) is 128 Å². The second kappa shape index (κ2) is 7.27. The van der Waals surface area contributed by atoms with Crippen molar-refractivity contribution < 1.29 is 9.57 Å². The second-order valence-electron chi connectivity index (χ2n) is 8.48. The predicted octanol–water partition coefficient (Wildman–Crippen LogP) is 1.75. The zero-order valence-corrected chi connectivity index (χ0v) is 17.3. The van der Waals surface area contributed by atoms with E-state index < -0.39 is 0 Å². The molecule has 0 bridgehead atoms. The molecular weight excluding hydrogens is 398 g/mol. The third-order valence-electron chi connectivity index (χ3n) is 6.51. The van der Waals surface area contributed by atoms with Gasteiger partial charge >= 0.3 is 0 Å². The Morgan fingerprint density at radius 3 is 2.90 bits per heavy atom. The number of aromatic nitrogens is 7. The molecule has 162 valence electrons. The summed E-state index contributed by atoms with van der Waals surface area (Å²) in [5, 5.41) is 23.7. The molecule has 2 aliphatic heterocycles. The normalized spacial score (nSPS) is 26.1. The molecule has 3 aliphatic rings. The summed E-state index contributed by atoms with van der Waals surface area (Å²) in [5.41, 5.74) is 6.67. The molecule has 3 aromatic rings. The highest BCUT2D eigenvalue weighted by atomic mass is 16.7. The van der Waals surface area contributed by atoms with Crippen molar-refractivity contribution in [3.8, 4) is 0 Å². The summed E-state index contributed by atoms with van der Waals surface area (Å²) >= 11 is 0. The number of aromatic amines is 1. The van der Waals surface area contributed by atoms with Crippen LogP contribution in [0.5, 0.6) is 0 Å². The third-order valence-corrected chi connectivity index (χ3v) is 6.51. The van der Waals surface area contributed by atoms with Crippen LogP contribution < -0.4 is 10.8 Å². The Kier molecular flexibility index (Phi) is 4.39. The third kappa shape index (κ3) is 3.15. The first-order chi connectivity index (χ1) is 15.2. The van der Waals surface area contributed by atoms with Crippen LogP contribution in [0.25, 0.3) is 16.7 Å². The Hall–Kier alpha value is -3.05. The van der Waals surface area contributed by atoms with E-state index in [0.29, 0.717) is 6.04 Å². The number of nitrogens with zero attached hydrogens (tertiary/aromatic N) is 6. The van der Waals surface area contributed by atoms with Crippen molar-refractivity contribution in [2.75, 3.05) is 18.5 Å². The minimum atomic E-state index is -0.348. The lowest BCUT2D eigenvalue weighted by Crippen LogP contribution is -2.43. The monoisotopic (exact) mass is 423 g/mol. The number of hydrogen-bond acceptors (Lipinski definition) is 9. The number of ether oxygens (including phenoxy) is 1. The molecule has 31 heavy (non-hydrogen) atoms.